The number of hydrogen-bond donors (Lipinski definition) is 5. The van der Waals surface area contributed by atoms with Crippen LogP contribution in [0.1, 0.15) is 69.4 Å². The molecule has 1 aromatic heterocycles. The molecule has 13 heteroatoms. The molecule has 2 spiro atoms. The van der Waals surface area contributed by atoms with E-state index in [-0.39, 0.29) is 47.7 Å². The number of aliphatic hydroxyl groups excluding tert-OH is 1. The van der Waals surface area contributed by atoms with Crippen molar-refractivity contribution < 1.29 is 28.6 Å². The third-order valence-electron chi connectivity index (χ3n) is 10.3. The molecule has 242 valence electrons. The van der Waals surface area contributed by atoms with Gasteiger partial charge in [-0.1, -0.05) is 43.1 Å². The highest BCUT2D eigenvalue weighted by Gasteiger charge is 2.73. The predicted octanol–water partition coefficient (Wildman–Crippen LogP) is 3.58. The van der Waals surface area contributed by atoms with E-state index in [9.17, 15) is 14.4 Å². The van der Waals surface area contributed by atoms with E-state index in [1.165, 1.54) is 12.3 Å². The zero-order chi connectivity index (χ0) is 32.1. The van der Waals surface area contributed by atoms with Crippen molar-refractivity contribution in [1.82, 2.24) is 20.9 Å². The monoisotopic (exact) mass is 661 g/mol. The summed E-state index contributed by atoms with van der Waals surface area (Å²) in [6.45, 7) is 4.43. The summed E-state index contributed by atoms with van der Waals surface area (Å²) in [5.74, 6) is -2.79. The Bertz CT molecular complexity index is 1510. The third kappa shape index (κ3) is 5.40. The molecule has 5 N–H and O–H groups in total. The number of benzene rings is 1. The van der Waals surface area contributed by atoms with E-state index in [1.807, 2.05) is 6.07 Å². The highest BCUT2D eigenvalue weighted by Crippen LogP contribution is 2.64. The Balaban J connectivity index is 1.40. The SMILES string of the molecule is CC1(C)CCC2(CC1)N[C@@H](C(=O)N[C@@H]1CC[C@@H](C(=O)NCCO)OC1)[C@H](c1ccnc(Cl)c1F)[C@]21C(=O)Nc2cc(Cl)ccc21. The van der Waals surface area contributed by atoms with Gasteiger partial charge in [-0.3, -0.25) is 19.7 Å². The quantitative estimate of drug-likeness (QED) is 0.298. The van der Waals surface area contributed by atoms with Crippen molar-refractivity contribution in [2.24, 2.45) is 5.41 Å². The molecule has 4 heterocycles. The van der Waals surface area contributed by atoms with Crippen LogP contribution >= 0.6 is 23.2 Å². The summed E-state index contributed by atoms with van der Waals surface area (Å²) in [6.07, 6.45) is 4.28. The molecule has 1 saturated carbocycles. The van der Waals surface area contributed by atoms with E-state index < -0.39 is 46.8 Å². The first kappa shape index (κ1) is 32.1. The number of amides is 3. The van der Waals surface area contributed by atoms with Crippen molar-refractivity contribution in [1.29, 1.82) is 0 Å². The zero-order valence-corrected chi connectivity index (χ0v) is 26.7. The van der Waals surface area contributed by atoms with Crippen LogP contribution in [0, 0.1) is 11.2 Å². The maximum Gasteiger partial charge on any atom is 0.249 e. The second-order valence-electron chi connectivity index (χ2n) is 13.4. The molecule has 0 radical (unpaired) electrons. The van der Waals surface area contributed by atoms with Crippen LogP contribution in [0.2, 0.25) is 10.2 Å². The van der Waals surface area contributed by atoms with Crippen LogP contribution < -0.4 is 21.3 Å². The first-order valence-electron chi connectivity index (χ1n) is 15.4. The largest absolute Gasteiger partial charge is 0.395 e. The van der Waals surface area contributed by atoms with Crippen LogP contribution in [0.3, 0.4) is 0 Å². The topological polar surface area (TPSA) is 142 Å². The van der Waals surface area contributed by atoms with Gasteiger partial charge in [-0.05, 0) is 73.3 Å². The van der Waals surface area contributed by atoms with Gasteiger partial charge in [0.15, 0.2) is 11.0 Å². The number of nitrogens with zero attached hydrogens (tertiary/aromatic N) is 1. The van der Waals surface area contributed by atoms with Gasteiger partial charge in [0.05, 0.1) is 25.3 Å². The number of rotatable bonds is 6. The van der Waals surface area contributed by atoms with Crippen molar-refractivity contribution >= 4 is 46.6 Å². The molecule has 0 bridgehead atoms. The third-order valence-corrected chi connectivity index (χ3v) is 10.8. The molecule has 3 amide bonds. The molecule has 6 rings (SSSR count). The van der Waals surface area contributed by atoms with Crippen LogP contribution in [-0.4, -0.2) is 71.3 Å². The van der Waals surface area contributed by atoms with Crippen molar-refractivity contribution in [2.45, 2.75) is 87.4 Å². The lowest BCUT2D eigenvalue weighted by molar-refractivity contribution is -0.137. The highest BCUT2D eigenvalue weighted by atomic mass is 35.5. The number of pyridine rings is 1. The Morgan fingerprint density at radius 2 is 1.89 bits per heavy atom. The van der Waals surface area contributed by atoms with Gasteiger partial charge in [0.1, 0.15) is 11.5 Å². The van der Waals surface area contributed by atoms with Crippen molar-refractivity contribution in [3.05, 3.63) is 57.6 Å². The average molecular weight is 663 g/mol. The number of halogens is 3. The Kier molecular flexibility index (Phi) is 8.62. The zero-order valence-electron chi connectivity index (χ0n) is 25.2. The normalized spacial score (nSPS) is 29.8. The molecule has 4 aliphatic rings. The Morgan fingerprint density at radius 3 is 2.58 bits per heavy atom. The lowest BCUT2D eigenvalue weighted by Crippen LogP contribution is -2.61. The number of anilines is 1. The van der Waals surface area contributed by atoms with Gasteiger partial charge in [-0.2, -0.15) is 0 Å². The molecule has 1 aliphatic carbocycles. The Hall–Kier alpha value is -2.83. The molecule has 2 saturated heterocycles. The summed E-state index contributed by atoms with van der Waals surface area (Å²) >= 11 is 12.6. The Labute approximate surface area is 271 Å². The second-order valence-corrected chi connectivity index (χ2v) is 14.2. The molecule has 10 nitrogen and oxygen atoms in total. The summed E-state index contributed by atoms with van der Waals surface area (Å²) in [5, 5.41) is 21.4. The number of aromatic nitrogens is 1. The summed E-state index contributed by atoms with van der Waals surface area (Å²) in [5.41, 5.74) is -0.907. The molecule has 5 atom stereocenters. The minimum Gasteiger partial charge on any atom is -0.395 e. The summed E-state index contributed by atoms with van der Waals surface area (Å²) in [4.78, 5) is 45.1. The molecular formula is C32H38Cl2FN5O5. The number of aliphatic hydroxyl groups is 1. The average Bonchev–Trinajstić information content (AvgIpc) is 3.47. The minimum atomic E-state index is -1.37. The minimum absolute atomic E-state index is 0.0204. The molecule has 3 fully saturated rings. The van der Waals surface area contributed by atoms with Gasteiger partial charge in [0.25, 0.3) is 0 Å². The standard InChI is InChI=1S/C32H38Cl2FN5O5/c1-30(2)8-10-31(11-9-30)32(20-5-3-17(33)15-21(20)39-29(32)44)23(19-7-12-36-26(34)24(19)35)25(40-31)28(43)38-18-4-6-22(45-16-18)27(42)37-13-14-41/h3,5,7,12,15,18,22-23,25,40-41H,4,6,8-11,13-14,16H2,1-2H3,(H,37,42)(H,38,43)(H,39,44)/t18-,22+,23+,25-,32-/m1/s1. The lowest BCUT2D eigenvalue weighted by atomic mass is 9.53. The number of hydrogen-bond acceptors (Lipinski definition) is 7. The van der Waals surface area contributed by atoms with Crippen LogP contribution in [0.25, 0.3) is 0 Å². The summed E-state index contributed by atoms with van der Waals surface area (Å²) in [7, 11) is 0. The molecular weight excluding hydrogens is 624 g/mol. The maximum absolute atomic E-state index is 16.1. The maximum atomic E-state index is 16.1. The highest BCUT2D eigenvalue weighted by molar-refractivity contribution is 6.31. The predicted molar refractivity (Wildman–Crippen MR) is 167 cm³/mol. The first-order valence-corrected chi connectivity index (χ1v) is 16.2. The molecule has 3 aliphatic heterocycles. The van der Waals surface area contributed by atoms with Gasteiger partial charge in [0, 0.05) is 34.9 Å². The van der Waals surface area contributed by atoms with Crippen molar-refractivity contribution in [3.63, 3.8) is 0 Å². The van der Waals surface area contributed by atoms with Crippen LogP contribution in [0.4, 0.5) is 10.1 Å². The van der Waals surface area contributed by atoms with E-state index in [0.29, 0.717) is 42.0 Å². The van der Waals surface area contributed by atoms with Crippen molar-refractivity contribution in [2.75, 3.05) is 25.1 Å². The number of fused-ring (bicyclic) bond motifs is 3. The summed E-state index contributed by atoms with van der Waals surface area (Å²) in [6, 6.07) is 5.30. The van der Waals surface area contributed by atoms with Crippen LogP contribution in [-0.2, 0) is 24.5 Å². The van der Waals surface area contributed by atoms with E-state index in [0.717, 1.165) is 12.8 Å². The number of ether oxygens (including phenoxy) is 1. The number of nitrogens with one attached hydrogen (secondary N) is 4. The summed E-state index contributed by atoms with van der Waals surface area (Å²) < 4.78 is 21.8. The van der Waals surface area contributed by atoms with Crippen molar-refractivity contribution in [3.8, 4) is 0 Å². The van der Waals surface area contributed by atoms with E-state index in [1.54, 1.807) is 12.1 Å². The van der Waals surface area contributed by atoms with E-state index in [2.05, 4.69) is 40.1 Å². The van der Waals surface area contributed by atoms with Gasteiger partial charge in [-0.15, -0.1) is 0 Å². The fourth-order valence-electron chi connectivity index (χ4n) is 7.98. The molecule has 0 unspecified atom stereocenters. The fraction of sp³-hybridized carbons (Fsp3) is 0.562. The smallest absolute Gasteiger partial charge is 0.249 e. The van der Waals surface area contributed by atoms with Gasteiger partial charge in [0.2, 0.25) is 17.7 Å². The molecule has 2 aromatic rings. The first-order chi connectivity index (χ1) is 21.4. The fourth-order valence-corrected chi connectivity index (χ4v) is 8.32. The van der Waals surface area contributed by atoms with Crippen LogP contribution in [0.5, 0.6) is 0 Å². The molecule has 1 aromatic carbocycles. The van der Waals surface area contributed by atoms with Crippen LogP contribution in [0.15, 0.2) is 30.5 Å². The van der Waals surface area contributed by atoms with Gasteiger partial charge < -0.3 is 25.8 Å². The van der Waals surface area contributed by atoms with E-state index in [4.69, 9.17) is 33.0 Å². The lowest BCUT2D eigenvalue weighted by Gasteiger charge is -2.50. The number of carbonyl (C=O) groups is 3. The number of carbonyl (C=O) groups excluding carboxylic acids is 3. The molecule has 45 heavy (non-hydrogen) atoms. The Morgan fingerprint density at radius 1 is 1.13 bits per heavy atom. The second kappa shape index (κ2) is 12.1. The van der Waals surface area contributed by atoms with Gasteiger partial charge >= 0.3 is 0 Å². The van der Waals surface area contributed by atoms with E-state index >= 15 is 4.39 Å². The van der Waals surface area contributed by atoms with Gasteiger partial charge in [-0.25, -0.2) is 9.37 Å².